The molecule has 0 aliphatic carbocycles. The smallest absolute Gasteiger partial charge is 0.251 e. The zero-order chi connectivity index (χ0) is 20.4. The number of piperidine rings is 1. The average molecular weight is 390 g/mol. The van der Waals surface area contributed by atoms with Gasteiger partial charge in [-0.15, -0.1) is 0 Å². The molecule has 0 saturated carbocycles. The number of hydrogen-bond acceptors (Lipinski definition) is 4. The Morgan fingerprint density at radius 3 is 2.46 bits per heavy atom. The third-order valence-corrected chi connectivity index (χ3v) is 4.96. The Bertz CT molecular complexity index is 622. The molecule has 1 saturated heterocycles. The van der Waals surface area contributed by atoms with Crippen LogP contribution in [-0.2, 0) is 0 Å². The van der Waals surface area contributed by atoms with E-state index in [4.69, 9.17) is 4.74 Å². The summed E-state index contributed by atoms with van der Waals surface area (Å²) in [6, 6.07) is 8.13. The van der Waals surface area contributed by atoms with E-state index in [0.717, 1.165) is 44.2 Å². The van der Waals surface area contributed by atoms with Crippen molar-refractivity contribution in [2.24, 2.45) is 4.99 Å². The van der Waals surface area contributed by atoms with Gasteiger partial charge in [-0.2, -0.15) is 0 Å². The van der Waals surface area contributed by atoms with E-state index in [1.165, 1.54) is 0 Å². The second-order valence-electron chi connectivity index (χ2n) is 7.29. The SMILES string of the molecule is CCNC(=NCCNC(=O)c1ccc(OC)cc1)NC1CCN(C(C)C)CC1. The first-order valence-electron chi connectivity index (χ1n) is 10.2. The van der Waals surface area contributed by atoms with E-state index in [1.54, 1.807) is 31.4 Å². The highest BCUT2D eigenvalue weighted by Gasteiger charge is 2.21. The lowest BCUT2D eigenvalue weighted by atomic mass is 10.0. The second kappa shape index (κ2) is 11.5. The number of hydrogen-bond donors (Lipinski definition) is 3. The Kier molecular flexibility index (Phi) is 9.07. The highest BCUT2D eigenvalue weighted by atomic mass is 16.5. The molecule has 1 aliphatic heterocycles. The molecule has 3 N–H and O–H groups in total. The van der Waals surface area contributed by atoms with Gasteiger partial charge in [-0.25, -0.2) is 0 Å². The van der Waals surface area contributed by atoms with Gasteiger partial charge in [0.1, 0.15) is 5.75 Å². The van der Waals surface area contributed by atoms with Crippen molar-refractivity contribution in [2.75, 3.05) is 39.8 Å². The molecule has 1 amide bonds. The van der Waals surface area contributed by atoms with Crippen LogP contribution in [0.1, 0.15) is 44.0 Å². The van der Waals surface area contributed by atoms with E-state index in [0.29, 0.717) is 30.7 Å². The molecule has 156 valence electrons. The summed E-state index contributed by atoms with van der Waals surface area (Å²) in [5.41, 5.74) is 0.617. The molecule has 0 aromatic heterocycles. The summed E-state index contributed by atoms with van der Waals surface area (Å²) in [4.78, 5) is 19.3. The molecule has 0 spiro atoms. The Balaban J connectivity index is 1.76. The van der Waals surface area contributed by atoms with Crippen molar-refractivity contribution in [3.63, 3.8) is 0 Å². The van der Waals surface area contributed by atoms with Crippen molar-refractivity contribution < 1.29 is 9.53 Å². The number of benzene rings is 1. The van der Waals surface area contributed by atoms with Gasteiger partial charge in [0.15, 0.2) is 5.96 Å². The van der Waals surface area contributed by atoms with Crippen LogP contribution in [0, 0.1) is 0 Å². The number of amides is 1. The molecular formula is C21H35N5O2. The molecule has 0 unspecified atom stereocenters. The first-order valence-corrected chi connectivity index (χ1v) is 10.2. The third kappa shape index (κ3) is 7.03. The summed E-state index contributed by atoms with van der Waals surface area (Å²) in [5.74, 6) is 1.46. The van der Waals surface area contributed by atoms with E-state index in [2.05, 4.69) is 46.6 Å². The van der Waals surface area contributed by atoms with Gasteiger partial charge in [0.05, 0.1) is 13.7 Å². The molecule has 0 bridgehead atoms. The summed E-state index contributed by atoms with van der Waals surface area (Å²) >= 11 is 0. The standard InChI is InChI=1S/C21H35N5O2/c1-5-22-21(25-18-10-14-26(15-11-18)16(2)3)24-13-12-23-20(27)17-6-8-19(28-4)9-7-17/h6-9,16,18H,5,10-15H2,1-4H3,(H,23,27)(H2,22,24,25). The maximum absolute atomic E-state index is 12.2. The second-order valence-corrected chi connectivity index (χ2v) is 7.29. The molecule has 2 rings (SSSR count). The fourth-order valence-electron chi connectivity index (χ4n) is 3.26. The van der Waals surface area contributed by atoms with Gasteiger partial charge in [0, 0.05) is 43.8 Å². The minimum Gasteiger partial charge on any atom is -0.497 e. The van der Waals surface area contributed by atoms with Crippen molar-refractivity contribution in [3.05, 3.63) is 29.8 Å². The van der Waals surface area contributed by atoms with Crippen LogP contribution < -0.4 is 20.7 Å². The van der Waals surface area contributed by atoms with Crippen LogP contribution in [0.15, 0.2) is 29.3 Å². The zero-order valence-electron chi connectivity index (χ0n) is 17.6. The van der Waals surface area contributed by atoms with Crippen LogP contribution in [-0.4, -0.2) is 68.7 Å². The largest absolute Gasteiger partial charge is 0.497 e. The topological polar surface area (TPSA) is 78.0 Å². The molecule has 1 heterocycles. The highest BCUT2D eigenvalue weighted by molar-refractivity contribution is 5.94. The molecule has 1 aromatic rings. The minimum atomic E-state index is -0.100. The van der Waals surface area contributed by atoms with E-state index < -0.39 is 0 Å². The Hall–Kier alpha value is -2.28. The summed E-state index contributed by atoms with van der Waals surface area (Å²) < 4.78 is 5.11. The summed E-state index contributed by atoms with van der Waals surface area (Å²) in [6.45, 7) is 10.6. The van der Waals surface area contributed by atoms with Crippen molar-refractivity contribution >= 4 is 11.9 Å². The van der Waals surface area contributed by atoms with Gasteiger partial charge in [-0.1, -0.05) is 0 Å². The van der Waals surface area contributed by atoms with Gasteiger partial charge >= 0.3 is 0 Å². The van der Waals surface area contributed by atoms with E-state index >= 15 is 0 Å². The Labute approximate surface area is 168 Å². The molecule has 7 nitrogen and oxygen atoms in total. The summed E-state index contributed by atoms with van der Waals surface area (Å²) in [5, 5.41) is 9.74. The number of carbonyl (C=O) groups excluding carboxylic acids is 1. The predicted octanol–water partition coefficient (Wildman–Crippen LogP) is 1.85. The number of methoxy groups -OCH3 is 1. The predicted molar refractivity (Wildman–Crippen MR) is 114 cm³/mol. The Morgan fingerprint density at radius 1 is 1.21 bits per heavy atom. The number of carbonyl (C=O) groups is 1. The zero-order valence-corrected chi connectivity index (χ0v) is 17.6. The maximum Gasteiger partial charge on any atom is 0.251 e. The van der Waals surface area contributed by atoms with Crippen LogP contribution in [0.3, 0.4) is 0 Å². The van der Waals surface area contributed by atoms with Gasteiger partial charge in [-0.05, 0) is 57.9 Å². The number of nitrogens with one attached hydrogen (secondary N) is 3. The fourth-order valence-corrected chi connectivity index (χ4v) is 3.26. The molecule has 7 heteroatoms. The van der Waals surface area contributed by atoms with Crippen LogP contribution in [0.4, 0.5) is 0 Å². The van der Waals surface area contributed by atoms with Crippen LogP contribution in [0.5, 0.6) is 5.75 Å². The first-order chi connectivity index (χ1) is 13.5. The van der Waals surface area contributed by atoms with Crippen molar-refractivity contribution in [1.29, 1.82) is 0 Å². The third-order valence-electron chi connectivity index (χ3n) is 4.96. The number of aliphatic imine (C=N–C) groups is 1. The van der Waals surface area contributed by atoms with Gasteiger partial charge in [0.25, 0.3) is 5.91 Å². The lowest BCUT2D eigenvalue weighted by Crippen LogP contribution is -2.50. The quantitative estimate of drug-likeness (QED) is 0.359. The number of nitrogens with zero attached hydrogens (tertiary/aromatic N) is 2. The van der Waals surface area contributed by atoms with E-state index in [9.17, 15) is 4.79 Å². The number of ether oxygens (including phenoxy) is 1. The average Bonchev–Trinajstić information content (AvgIpc) is 2.71. The molecule has 0 atom stereocenters. The molecular weight excluding hydrogens is 354 g/mol. The van der Waals surface area contributed by atoms with Crippen molar-refractivity contribution in [3.8, 4) is 5.75 Å². The molecule has 1 fully saturated rings. The van der Waals surface area contributed by atoms with E-state index in [1.807, 2.05) is 0 Å². The van der Waals surface area contributed by atoms with Crippen molar-refractivity contribution in [1.82, 2.24) is 20.9 Å². The lowest BCUT2D eigenvalue weighted by Gasteiger charge is -2.35. The molecule has 28 heavy (non-hydrogen) atoms. The molecule has 1 aromatic carbocycles. The van der Waals surface area contributed by atoms with E-state index in [-0.39, 0.29) is 5.91 Å². The summed E-state index contributed by atoms with van der Waals surface area (Å²) in [6.07, 6.45) is 2.24. The monoisotopic (exact) mass is 389 g/mol. The van der Waals surface area contributed by atoms with Crippen molar-refractivity contribution in [2.45, 2.75) is 45.7 Å². The minimum absolute atomic E-state index is 0.100. The van der Waals surface area contributed by atoms with Crippen LogP contribution >= 0.6 is 0 Å². The Morgan fingerprint density at radius 2 is 1.89 bits per heavy atom. The fraction of sp³-hybridized carbons (Fsp3) is 0.619. The summed E-state index contributed by atoms with van der Waals surface area (Å²) in [7, 11) is 1.61. The van der Waals surface area contributed by atoms with Gasteiger partial charge in [-0.3, -0.25) is 9.79 Å². The molecule has 0 radical (unpaired) electrons. The number of rotatable bonds is 8. The number of guanidine groups is 1. The normalized spacial score (nSPS) is 16.1. The first kappa shape index (κ1) is 22.0. The van der Waals surface area contributed by atoms with Gasteiger partial charge in [0.2, 0.25) is 0 Å². The highest BCUT2D eigenvalue weighted by Crippen LogP contribution is 2.13. The number of likely N-dealkylation sites (tertiary alicyclic amines) is 1. The van der Waals surface area contributed by atoms with Gasteiger partial charge < -0.3 is 25.6 Å². The lowest BCUT2D eigenvalue weighted by molar-refractivity contribution is 0.0954. The molecule has 1 aliphatic rings. The van der Waals surface area contributed by atoms with Crippen LogP contribution in [0.25, 0.3) is 0 Å². The maximum atomic E-state index is 12.2. The van der Waals surface area contributed by atoms with Crippen LogP contribution in [0.2, 0.25) is 0 Å².